The largest absolute Gasteiger partial charge is 0.446 e. The molecule has 1 fully saturated rings. The minimum atomic E-state index is -0.375. The summed E-state index contributed by atoms with van der Waals surface area (Å²) in [7, 11) is 2.18. The Kier molecular flexibility index (Phi) is 9.14. The van der Waals surface area contributed by atoms with Crippen molar-refractivity contribution in [1.29, 1.82) is 0 Å². The summed E-state index contributed by atoms with van der Waals surface area (Å²) in [5, 5.41) is 0. The molecule has 2 aliphatic rings. The monoisotopic (exact) mass is 471 g/mol. The van der Waals surface area contributed by atoms with Gasteiger partial charge in [-0.2, -0.15) is 0 Å². The summed E-state index contributed by atoms with van der Waals surface area (Å²) in [6.07, 6.45) is 4.43. The summed E-state index contributed by atoms with van der Waals surface area (Å²) < 4.78 is 11.0. The summed E-state index contributed by atoms with van der Waals surface area (Å²) in [6.45, 7) is 15.3. The van der Waals surface area contributed by atoms with Gasteiger partial charge in [-0.05, 0) is 70.7 Å². The van der Waals surface area contributed by atoms with Gasteiger partial charge in [-0.3, -0.25) is 9.69 Å². The fourth-order valence-corrected chi connectivity index (χ4v) is 5.15. The summed E-state index contributed by atoms with van der Waals surface area (Å²) in [5.74, 6) is 0.872. The molecule has 1 aromatic carbocycles. The van der Waals surface area contributed by atoms with Crippen molar-refractivity contribution in [3.63, 3.8) is 0 Å². The van der Waals surface area contributed by atoms with Crippen molar-refractivity contribution >= 4 is 23.4 Å². The Morgan fingerprint density at radius 3 is 2.59 bits per heavy atom. The molecule has 34 heavy (non-hydrogen) atoms. The van der Waals surface area contributed by atoms with E-state index < -0.39 is 0 Å². The Morgan fingerprint density at radius 1 is 1.26 bits per heavy atom. The highest BCUT2D eigenvalue weighted by Crippen LogP contribution is 2.39. The number of ether oxygens (including phenoxy) is 2. The molecule has 0 spiro atoms. The Labute approximate surface area is 204 Å². The highest BCUT2D eigenvalue weighted by molar-refractivity contribution is 6.02. The first kappa shape index (κ1) is 26.2. The lowest BCUT2D eigenvalue weighted by Crippen LogP contribution is -2.51. The van der Waals surface area contributed by atoms with E-state index in [1.54, 1.807) is 16.7 Å². The van der Waals surface area contributed by atoms with Crippen LogP contribution in [-0.4, -0.2) is 68.9 Å². The standard InChI is InChI=1S/C27H41N3O4/c1-7-8-24(18-28(6)17-22-11-13-33-14-12-22)23-9-10-25-26(15-23)29(27(32)34-19(2)3)16-20(4)30(25)21(5)31/h7,9-10,15,19-20,22,24H,1,8,11-14,16-18H2,2-6H3. The van der Waals surface area contributed by atoms with Gasteiger partial charge in [0.25, 0.3) is 0 Å². The fraction of sp³-hybridized carbons (Fsp3) is 0.630. The van der Waals surface area contributed by atoms with E-state index in [0.717, 1.165) is 62.5 Å². The van der Waals surface area contributed by atoms with Crippen molar-refractivity contribution in [3.05, 3.63) is 36.4 Å². The van der Waals surface area contributed by atoms with Crippen molar-refractivity contribution in [2.45, 2.75) is 65.0 Å². The molecule has 7 heteroatoms. The maximum atomic E-state index is 13.0. The molecule has 188 valence electrons. The van der Waals surface area contributed by atoms with Gasteiger partial charge in [-0.1, -0.05) is 12.1 Å². The minimum absolute atomic E-state index is 0.0304. The topological polar surface area (TPSA) is 62.3 Å². The van der Waals surface area contributed by atoms with E-state index in [0.29, 0.717) is 12.5 Å². The molecule has 0 saturated carbocycles. The summed E-state index contributed by atoms with van der Waals surface area (Å²) in [6, 6.07) is 6.00. The van der Waals surface area contributed by atoms with Crippen LogP contribution >= 0.6 is 0 Å². The summed E-state index contributed by atoms with van der Waals surface area (Å²) in [4.78, 5) is 31.3. The van der Waals surface area contributed by atoms with Crippen LogP contribution in [0.25, 0.3) is 0 Å². The molecule has 2 aliphatic heterocycles. The van der Waals surface area contributed by atoms with Gasteiger partial charge in [-0.15, -0.1) is 6.58 Å². The second-order valence-corrected chi connectivity index (χ2v) is 10.0. The molecule has 0 aromatic heterocycles. The first-order valence-corrected chi connectivity index (χ1v) is 12.5. The van der Waals surface area contributed by atoms with E-state index in [1.165, 1.54) is 0 Å². The van der Waals surface area contributed by atoms with Gasteiger partial charge in [-0.25, -0.2) is 4.79 Å². The molecule has 0 aliphatic carbocycles. The van der Waals surface area contributed by atoms with Crippen LogP contribution in [0.5, 0.6) is 0 Å². The number of amides is 2. The van der Waals surface area contributed by atoms with Crippen LogP contribution in [-0.2, 0) is 14.3 Å². The average Bonchev–Trinajstić information content (AvgIpc) is 2.77. The van der Waals surface area contributed by atoms with E-state index in [1.807, 2.05) is 32.9 Å². The molecule has 2 atom stereocenters. The van der Waals surface area contributed by atoms with Crippen LogP contribution in [0.2, 0.25) is 0 Å². The third-order valence-electron chi connectivity index (χ3n) is 6.70. The van der Waals surface area contributed by atoms with Crippen molar-refractivity contribution in [2.24, 2.45) is 5.92 Å². The quantitative estimate of drug-likeness (QED) is 0.509. The minimum Gasteiger partial charge on any atom is -0.446 e. The Bertz CT molecular complexity index is 865. The normalized spacial score (nSPS) is 19.8. The van der Waals surface area contributed by atoms with Crippen LogP contribution < -0.4 is 9.80 Å². The number of nitrogens with zero attached hydrogens (tertiary/aromatic N) is 3. The molecule has 1 aromatic rings. The van der Waals surface area contributed by atoms with Crippen LogP contribution in [0.15, 0.2) is 30.9 Å². The smallest absolute Gasteiger partial charge is 0.414 e. The zero-order valence-electron chi connectivity index (χ0n) is 21.5. The lowest BCUT2D eigenvalue weighted by Gasteiger charge is -2.41. The van der Waals surface area contributed by atoms with Crippen LogP contribution in [0, 0.1) is 5.92 Å². The second kappa shape index (κ2) is 11.8. The van der Waals surface area contributed by atoms with E-state index in [4.69, 9.17) is 9.47 Å². The molecular weight excluding hydrogens is 430 g/mol. The van der Waals surface area contributed by atoms with Crippen molar-refractivity contribution in [3.8, 4) is 0 Å². The first-order chi connectivity index (χ1) is 16.2. The van der Waals surface area contributed by atoms with Crippen LogP contribution in [0.4, 0.5) is 16.2 Å². The highest BCUT2D eigenvalue weighted by Gasteiger charge is 2.35. The van der Waals surface area contributed by atoms with Crippen molar-refractivity contribution in [2.75, 3.05) is 49.7 Å². The van der Waals surface area contributed by atoms with Crippen molar-refractivity contribution in [1.82, 2.24) is 4.90 Å². The molecule has 3 rings (SSSR count). The average molecular weight is 472 g/mol. The van der Waals surface area contributed by atoms with Gasteiger partial charge in [0.15, 0.2) is 0 Å². The molecule has 0 radical (unpaired) electrons. The molecule has 0 bridgehead atoms. The number of rotatable bonds is 8. The number of benzene rings is 1. The predicted octanol–water partition coefficient (Wildman–Crippen LogP) is 4.81. The second-order valence-electron chi connectivity index (χ2n) is 10.0. The Morgan fingerprint density at radius 2 is 1.97 bits per heavy atom. The van der Waals surface area contributed by atoms with Crippen molar-refractivity contribution < 1.29 is 19.1 Å². The van der Waals surface area contributed by atoms with E-state index in [-0.39, 0.29) is 30.1 Å². The van der Waals surface area contributed by atoms with Gasteiger partial charge >= 0.3 is 6.09 Å². The molecule has 2 unspecified atom stereocenters. The third kappa shape index (κ3) is 6.39. The number of carbonyl (C=O) groups excluding carboxylic acids is 2. The Hall–Kier alpha value is -2.38. The lowest BCUT2D eigenvalue weighted by atomic mass is 9.92. The molecule has 2 heterocycles. The van der Waals surface area contributed by atoms with Gasteiger partial charge < -0.3 is 19.3 Å². The van der Waals surface area contributed by atoms with Crippen LogP contribution in [0.3, 0.4) is 0 Å². The number of hydrogen-bond donors (Lipinski definition) is 0. The maximum absolute atomic E-state index is 13.0. The number of allylic oxidation sites excluding steroid dienone is 1. The van der Waals surface area contributed by atoms with E-state index in [9.17, 15) is 9.59 Å². The zero-order chi connectivity index (χ0) is 24.8. The number of fused-ring (bicyclic) bond motifs is 1. The van der Waals surface area contributed by atoms with Gasteiger partial charge in [0.05, 0.1) is 23.5 Å². The van der Waals surface area contributed by atoms with Gasteiger partial charge in [0, 0.05) is 45.7 Å². The molecular formula is C27H41N3O4. The summed E-state index contributed by atoms with van der Waals surface area (Å²) in [5.41, 5.74) is 2.62. The molecule has 2 amide bonds. The lowest BCUT2D eigenvalue weighted by molar-refractivity contribution is -0.117. The van der Waals surface area contributed by atoms with E-state index in [2.05, 4.69) is 30.7 Å². The Balaban J connectivity index is 1.89. The first-order valence-electron chi connectivity index (χ1n) is 12.5. The zero-order valence-corrected chi connectivity index (χ0v) is 21.5. The molecule has 0 N–H and O–H groups in total. The molecule has 7 nitrogen and oxygen atoms in total. The molecule has 1 saturated heterocycles. The number of carbonyl (C=O) groups is 2. The fourth-order valence-electron chi connectivity index (χ4n) is 5.15. The number of anilines is 2. The van der Waals surface area contributed by atoms with Crippen LogP contribution in [0.1, 0.15) is 58.4 Å². The van der Waals surface area contributed by atoms with E-state index >= 15 is 0 Å². The maximum Gasteiger partial charge on any atom is 0.414 e. The third-order valence-corrected chi connectivity index (χ3v) is 6.70. The number of likely N-dealkylation sites (N-methyl/N-ethyl adjacent to an activating group) is 1. The highest BCUT2D eigenvalue weighted by atomic mass is 16.6. The van der Waals surface area contributed by atoms with Gasteiger partial charge in [0.1, 0.15) is 0 Å². The summed E-state index contributed by atoms with van der Waals surface area (Å²) >= 11 is 0. The predicted molar refractivity (Wildman–Crippen MR) is 137 cm³/mol. The number of hydrogen-bond acceptors (Lipinski definition) is 5. The SMILES string of the molecule is C=CCC(CN(C)CC1CCOCC1)c1ccc2c(c1)N(C(=O)OC(C)C)CC(C)N2C(C)=O. The van der Waals surface area contributed by atoms with Gasteiger partial charge in [0.2, 0.25) is 5.91 Å².